The molecule has 0 aromatic heterocycles. The molecule has 0 saturated heterocycles. The van der Waals surface area contributed by atoms with E-state index in [0.29, 0.717) is 6.54 Å². The summed E-state index contributed by atoms with van der Waals surface area (Å²) in [5, 5.41) is 0. The van der Waals surface area contributed by atoms with E-state index in [4.69, 9.17) is 0 Å². The summed E-state index contributed by atoms with van der Waals surface area (Å²) in [4.78, 5) is 14.6. The summed E-state index contributed by atoms with van der Waals surface area (Å²) in [6.45, 7) is 5.71. The molecular weight excluding hydrogens is 270 g/mol. The first-order valence-corrected chi connectivity index (χ1v) is 8.14. The fourth-order valence-electron chi connectivity index (χ4n) is 3.26. The van der Waals surface area contributed by atoms with Gasteiger partial charge in [-0.05, 0) is 42.0 Å². The molecule has 0 unspecified atom stereocenters. The monoisotopic (exact) mass is 293 g/mol. The van der Waals surface area contributed by atoms with Crippen LogP contribution < -0.4 is 0 Å². The zero-order valence-electron chi connectivity index (χ0n) is 13.4. The fraction of sp³-hybridized carbons (Fsp3) is 0.350. The van der Waals surface area contributed by atoms with Crippen molar-refractivity contribution >= 4 is 5.91 Å². The molecule has 3 rings (SSSR count). The van der Waals surface area contributed by atoms with Crippen LogP contribution in [0.25, 0.3) is 0 Å². The lowest BCUT2D eigenvalue weighted by Crippen LogP contribution is -2.23. The first-order valence-electron chi connectivity index (χ1n) is 8.14. The van der Waals surface area contributed by atoms with Gasteiger partial charge in [-0.15, -0.1) is 0 Å². The smallest absolute Gasteiger partial charge is 0.255 e. The number of nitrogens with zero attached hydrogens (tertiary/aromatic N) is 1. The third-order valence-corrected chi connectivity index (χ3v) is 4.37. The molecule has 0 fully saturated rings. The molecule has 1 amide bonds. The van der Waals surface area contributed by atoms with Gasteiger partial charge in [0.15, 0.2) is 0 Å². The van der Waals surface area contributed by atoms with Crippen LogP contribution in [0.1, 0.15) is 52.4 Å². The quantitative estimate of drug-likeness (QED) is 0.795. The lowest BCUT2D eigenvalue weighted by molar-refractivity contribution is 0.0766. The Morgan fingerprint density at radius 2 is 1.86 bits per heavy atom. The normalized spacial score (nSPS) is 13.5. The van der Waals surface area contributed by atoms with Crippen molar-refractivity contribution < 1.29 is 4.79 Å². The highest BCUT2D eigenvalue weighted by Crippen LogP contribution is 2.29. The predicted molar refractivity (Wildman–Crippen MR) is 89.8 cm³/mol. The molecule has 0 atom stereocenters. The Morgan fingerprint density at radius 3 is 2.59 bits per heavy atom. The van der Waals surface area contributed by atoms with Crippen LogP contribution in [-0.4, -0.2) is 10.8 Å². The minimum Gasteiger partial charge on any atom is -0.330 e. The van der Waals surface area contributed by atoms with Gasteiger partial charge in [0, 0.05) is 18.7 Å². The van der Waals surface area contributed by atoms with Crippen molar-refractivity contribution in [3.63, 3.8) is 0 Å². The largest absolute Gasteiger partial charge is 0.330 e. The van der Waals surface area contributed by atoms with E-state index in [-0.39, 0.29) is 5.91 Å². The van der Waals surface area contributed by atoms with E-state index >= 15 is 0 Å². The number of hydrogen-bond donors (Lipinski definition) is 0. The summed E-state index contributed by atoms with van der Waals surface area (Å²) in [7, 11) is 0. The van der Waals surface area contributed by atoms with Crippen molar-refractivity contribution in [1.29, 1.82) is 0 Å². The Bertz CT molecular complexity index is 676. The molecule has 0 saturated carbocycles. The number of rotatable bonds is 5. The maximum Gasteiger partial charge on any atom is 0.255 e. The molecule has 2 aromatic rings. The summed E-state index contributed by atoms with van der Waals surface area (Å²) in [5.74, 6) is 0.179. The van der Waals surface area contributed by atoms with Crippen LogP contribution >= 0.6 is 0 Å². The molecule has 2 aromatic carbocycles. The van der Waals surface area contributed by atoms with Gasteiger partial charge in [-0.1, -0.05) is 55.8 Å². The second-order valence-corrected chi connectivity index (χ2v) is 6.20. The number of benzene rings is 2. The van der Waals surface area contributed by atoms with Gasteiger partial charge in [-0.25, -0.2) is 0 Å². The van der Waals surface area contributed by atoms with Gasteiger partial charge in [0.25, 0.3) is 5.91 Å². The van der Waals surface area contributed by atoms with Crippen LogP contribution in [0.2, 0.25) is 0 Å². The van der Waals surface area contributed by atoms with Crippen LogP contribution in [0.4, 0.5) is 0 Å². The molecule has 2 nitrogen and oxygen atoms in total. The first-order chi connectivity index (χ1) is 10.7. The van der Waals surface area contributed by atoms with E-state index in [2.05, 4.69) is 38.1 Å². The Balaban J connectivity index is 1.82. The summed E-state index contributed by atoms with van der Waals surface area (Å²) in [6.07, 6.45) is 3.52. The van der Waals surface area contributed by atoms with Crippen molar-refractivity contribution in [2.45, 2.75) is 46.2 Å². The van der Waals surface area contributed by atoms with Crippen LogP contribution in [0.5, 0.6) is 0 Å². The van der Waals surface area contributed by atoms with Crippen LogP contribution in [0.3, 0.4) is 0 Å². The average molecular weight is 293 g/mol. The SMILES string of the molecule is CCCCc1cc(C)c2c(c1)CN(Cc1ccccc1)C2=O. The van der Waals surface area contributed by atoms with E-state index < -0.39 is 0 Å². The van der Waals surface area contributed by atoms with Gasteiger partial charge in [0.2, 0.25) is 0 Å². The molecule has 1 aliphatic heterocycles. The Morgan fingerprint density at radius 1 is 1.09 bits per heavy atom. The molecule has 0 spiro atoms. The number of carbonyl (C=O) groups is 1. The average Bonchev–Trinajstić information content (AvgIpc) is 2.83. The van der Waals surface area contributed by atoms with Crippen molar-refractivity contribution in [2.24, 2.45) is 0 Å². The van der Waals surface area contributed by atoms with Crippen LogP contribution in [0, 0.1) is 6.92 Å². The Hall–Kier alpha value is -2.09. The summed E-state index contributed by atoms with van der Waals surface area (Å²) in [5.41, 5.74) is 5.81. The molecule has 2 heteroatoms. The molecule has 114 valence electrons. The van der Waals surface area contributed by atoms with Gasteiger partial charge in [0.1, 0.15) is 0 Å². The molecular formula is C20H23NO. The molecule has 1 heterocycles. The predicted octanol–water partition coefficient (Wildman–Crippen LogP) is 4.49. The number of hydrogen-bond acceptors (Lipinski definition) is 1. The molecule has 0 radical (unpaired) electrons. The standard InChI is InChI=1S/C20H23NO/c1-3-4-8-17-11-15(2)19-18(12-17)14-21(20(19)22)13-16-9-6-5-7-10-16/h5-7,9-12H,3-4,8,13-14H2,1-2H3. The van der Waals surface area contributed by atoms with Gasteiger partial charge in [0.05, 0.1) is 0 Å². The minimum absolute atomic E-state index is 0.179. The first kappa shape index (κ1) is 14.8. The molecule has 1 aliphatic rings. The Labute approximate surface area is 132 Å². The fourth-order valence-corrected chi connectivity index (χ4v) is 3.26. The second kappa shape index (κ2) is 6.35. The van der Waals surface area contributed by atoms with Crippen LogP contribution in [0.15, 0.2) is 42.5 Å². The highest BCUT2D eigenvalue weighted by Gasteiger charge is 2.29. The third kappa shape index (κ3) is 2.92. The van der Waals surface area contributed by atoms with E-state index in [0.717, 1.165) is 24.1 Å². The lowest BCUT2D eigenvalue weighted by atomic mass is 9.98. The molecule has 0 bridgehead atoms. The topological polar surface area (TPSA) is 20.3 Å². The third-order valence-electron chi connectivity index (χ3n) is 4.37. The maximum absolute atomic E-state index is 12.7. The zero-order valence-corrected chi connectivity index (χ0v) is 13.4. The van der Waals surface area contributed by atoms with Crippen molar-refractivity contribution in [1.82, 2.24) is 4.90 Å². The van der Waals surface area contributed by atoms with Crippen molar-refractivity contribution in [2.75, 3.05) is 0 Å². The van der Waals surface area contributed by atoms with E-state index in [1.54, 1.807) is 0 Å². The second-order valence-electron chi connectivity index (χ2n) is 6.20. The van der Waals surface area contributed by atoms with Gasteiger partial charge in [-0.3, -0.25) is 4.79 Å². The number of amides is 1. The molecule has 0 N–H and O–H groups in total. The number of unbranched alkanes of at least 4 members (excludes halogenated alkanes) is 1. The zero-order chi connectivity index (χ0) is 15.5. The number of fused-ring (bicyclic) bond motifs is 1. The van der Waals surface area contributed by atoms with E-state index in [9.17, 15) is 4.79 Å². The van der Waals surface area contributed by atoms with E-state index in [1.165, 1.54) is 29.5 Å². The highest BCUT2D eigenvalue weighted by atomic mass is 16.2. The van der Waals surface area contributed by atoms with Crippen molar-refractivity contribution in [3.05, 3.63) is 70.3 Å². The maximum atomic E-state index is 12.7. The Kier molecular flexibility index (Phi) is 4.28. The van der Waals surface area contributed by atoms with Crippen LogP contribution in [-0.2, 0) is 19.5 Å². The van der Waals surface area contributed by atoms with Gasteiger partial charge < -0.3 is 4.90 Å². The van der Waals surface area contributed by atoms with Crippen molar-refractivity contribution in [3.8, 4) is 0 Å². The van der Waals surface area contributed by atoms with Gasteiger partial charge in [-0.2, -0.15) is 0 Å². The summed E-state index contributed by atoms with van der Waals surface area (Å²) >= 11 is 0. The minimum atomic E-state index is 0.179. The number of carbonyl (C=O) groups excluding carboxylic acids is 1. The number of aryl methyl sites for hydroxylation is 2. The highest BCUT2D eigenvalue weighted by molar-refractivity contribution is 5.99. The summed E-state index contributed by atoms with van der Waals surface area (Å²) in [6, 6.07) is 14.6. The summed E-state index contributed by atoms with van der Waals surface area (Å²) < 4.78 is 0. The molecule has 22 heavy (non-hydrogen) atoms. The lowest BCUT2D eigenvalue weighted by Gasteiger charge is -2.15. The molecule has 0 aliphatic carbocycles. The van der Waals surface area contributed by atoms with Gasteiger partial charge >= 0.3 is 0 Å². The van der Waals surface area contributed by atoms with E-state index in [1.807, 2.05) is 23.1 Å².